The van der Waals surface area contributed by atoms with Gasteiger partial charge in [0.1, 0.15) is 0 Å². The smallest absolute Gasteiger partial charge is 0.0533 e. The van der Waals surface area contributed by atoms with Crippen LogP contribution < -0.4 is 5.32 Å². The number of hydrogen-bond donors (Lipinski definition) is 1. The van der Waals surface area contributed by atoms with Crippen molar-refractivity contribution in [3.05, 3.63) is 68.7 Å². The summed E-state index contributed by atoms with van der Waals surface area (Å²) in [6, 6.07) is 12.9. The average Bonchev–Trinajstić information content (AvgIpc) is 3.27. The van der Waals surface area contributed by atoms with Gasteiger partial charge in [0.25, 0.3) is 0 Å². The molecule has 23 heavy (non-hydrogen) atoms. The topological polar surface area (TPSA) is 25.2 Å². The van der Waals surface area contributed by atoms with Crippen molar-refractivity contribution < 1.29 is 0 Å². The van der Waals surface area contributed by atoms with Crippen molar-refractivity contribution in [3.63, 3.8) is 0 Å². The lowest BCUT2D eigenvalue weighted by Crippen LogP contribution is -2.31. The lowest BCUT2D eigenvalue weighted by atomic mass is 9.83. The van der Waals surface area contributed by atoms with E-state index in [1.807, 2.05) is 6.07 Å². The van der Waals surface area contributed by atoms with Crippen molar-refractivity contribution in [1.82, 2.24) is 10.2 Å². The minimum atomic E-state index is 0.144. The van der Waals surface area contributed by atoms with Crippen LogP contribution in [0.5, 0.6) is 0 Å². The second-order valence-electron chi connectivity index (χ2n) is 7.02. The van der Waals surface area contributed by atoms with Gasteiger partial charge in [-0.05, 0) is 48.4 Å². The van der Waals surface area contributed by atoms with Gasteiger partial charge in [-0.25, -0.2) is 0 Å². The highest BCUT2D eigenvalue weighted by Gasteiger charge is 2.38. The zero-order valence-corrected chi connectivity index (χ0v) is 14.9. The molecule has 2 heterocycles. The molecule has 120 valence electrons. The fourth-order valence-corrected chi connectivity index (χ4v) is 4.13. The van der Waals surface area contributed by atoms with E-state index >= 15 is 0 Å². The van der Waals surface area contributed by atoms with E-state index in [1.54, 1.807) is 0 Å². The Bertz CT molecular complexity index is 768. The van der Waals surface area contributed by atoms with E-state index in [9.17, 15) is 0 Å². The van der Waals surface area contributed by atoms with E-state index in [2.05, 4.69) is 54.5 Å². The zero-order chi connectivity index (χ0) is 16.2. The summed E-state index contributed by atoms with van der Waals surface area (Å²) in [7, 11) is 2.15. The number of nitrogens with one attached hydrogen (secondary N) is 1. The number of benzene rings is 2. The second-order valence-corrected chi connectivity index (χ2v) is 7.86. The summed E-state index contributed by atoms with van der Waals surface area (Å²) in [6.07, 6.45) is 0. The first kappa shape index (κ1) is 15.5. The van der Waals surface area contributed by atoms with E-state index in [0.29, 0.717) is 5.92 Å². The monoisotopic (exact) mass is 346 g/mol. The van der Waals surface area contributed by atoms with Gasteiger partial charge in [0.15, 0.2) is 0 Å². The predicted molar refractivity (Wildman–Crippen MR) is 96.4 cm³/mol. The molecule has 2 nitrogen and oxygen atoms in total. The molecular formula is C19H20Cl2N2. The van der Waals surface area contributed by atoms with Crippen LogP contribution in [0.25, 0.3) is 0 Å². The molecule has 2 aliphatic heterocycles. The predicted octanol–water partition coefficient (Wildman–Crippen LogP) is 4.39. The normalized spacial score (nSPS) is 26.9. The highest BCUT2D eigenvalue weighted by atomic mass is 35.5. The van der Waals surface area contributed by atoms with Crippen LogP contribution in [0.4, 0.5) is 0 Å². The Morgan fingerprint density at radius 1 is 1.22 bits per heavy atom. The number of nitrogens with zero attached hydrogens (tertiary/aromatic N) is 1. The Kier molecular flexibility index (Phi) is 3.69. The molecule has 0 aliphatic carbocycles. The van der Waals surface area contributed by atoms with Crippen LogP contribution in [0.15, 0.2) is 36.4 Å². The molecule has 0 spiro atoms. The standard InChI is InChI=1S/C19H20Cl2N2/c1-19(11-22-19)13-5-3-4-12(6-13)16-9-23(2)10-17-15(16)7-14(20)8-18(17)21/h3-8,16,22H,9-11H2,1-2H3. The highest BCUT2D eigenvalue weighted by molar-refractivity contribution is 6.35. The van der Waals surface area contributed by atoms with Crippen molar-refractivity contribution in [2.45, 2.75) is 24.9 Å². The first-order valence-corrected chi connectivity index (χ1v) is 8.74. The van der Waals surface area contributed by atoms with E-state index in [4.69, 9.17) is 23.2 Å². The molecule has 0 radical (unpaired) electrons. The van der Waals surface area contributed by atoms with Gasteiger partial charge in [0, 0.05) is 35.6 Å². The van der Waals surface area contributed by atoms with Crippen LogP contribution in [0.3, 0.4) is 0 Å². The Morgan fingerprint density at radius 3 is 2.74 bits per heavy atom. The number of hydrogen-bond acceptors (Lipinski definition) is 2. The van der Waals surface area contributed by atoms with E-state index < -0.39 is 0 Å². The maximum absolute atomic E-state index is 6.46. The van der Waals surface area contributed by atoms with Gasteiger partial charge in [-0.3, -0.25) is 0 Å². The first-order chi connectivity index (χ1) is 11.0. The highest BCUT2D eigenvalue weighted by Crippen LogP contribution is 2.39. The Morgan fingerprint density at radius 2 is 2.00 bits per heavy atom. The van der Waals surface area contributed by atoms with Crippen LogP contribution in [0.2, 0.25) is 10.0 Å². The van der Waals surface area contributed by atoms with Crippen molar-refractivity contribution in [1.29, 1.82) is 0 Å². The minimum Gasteiger partial charge on any atom is -0.304 e. The minimum absolute atomic E-state index is 0.144. The van der Waals surface area contributed by atoms with Crippen LogP contribution in [-0.2, 0) is 12.1 Å². The van der Waals surface area contributed by atoms with Crippen molar-refractivity contribution in [3.8, 4) is 0 Å². The van der Waals surface area contributed by atoms with Crippen molar-refractivity contribution in [2.75, 3.05) is 20.1 Å². The summed E-state index contributed by atoms with van der Waals surface area (Å²) in [4.78, 5) is 2.33. The molecule has 2 atom stereocenters. The fraction of sp³-hybridized carbons (Fsp3) is 0.368. The quantitative estimate of drug-likeness (QED) is 0.815. The summed E-state index contributed by atoms with van der Waals surface area (Å²) in [5.41, 5.74) is 5.31. The van der Waals surface area contributed by atoms with E-state index in [1.165, 1.54) is 22.3 Å². The van der Waals surface area contributed by atoms with Crippen LogP contribution >= 0.6 is 23.2 Å². The van der Waals surface area contributed by atoms with Gasteiger partial charge < -0.3 is 10.2 Å². The largest absolute Gasteiger partial charge is 0.304 e. The van der Waals surface area contributed by atoms with Crippen LogP contribution in [-0.4, -0.2) is 25.0 Å². The molecule has 2 unspecified atom stereocenters. The van der Waals surface area contributed by atoms with E-state index in [-0.39, 0.29) is 5.54 Å². The molecule has 0 amide bonds. The third-order valence-electron chi connectivity index (χ3n) is 5.13. The lowest BCUT2D eigenvalue weighted by Gasteiger charge is -2.33. The molecule has 2 aliphatic rings. The number of fused-ring (bicyclic) bond motifs is 1. The van der Waals surface area contributed by atoms with E-state index in [0.717, 1.165) is 29.7 Å². The summed E-state index contributed by atoms with van der Waals surface area (Å²) in [5.74, 6) is 0.308. The van der Waals surface area contributed by atoms with Gasteiger partial charge >= 0.3 is 0 Å². The van der Waals surface area contributed by atoms with Crippen LogP contribution in [0.1, 0.15) is 35.1 Å². The number of rotatable bonds is 2. The maximum Gasteiger partial charge on any atom is 0.0533 e. The summed E-state index contributed by atoms with van der Waals surface area (Å²) in [6.45, 7) is 5.16. The summed E-state index contributed by atoms with van der Waals surface area (Å²) < 4.78 is 0. The Hall–Kier alpha value is -1.06. The zero-order valence-electron chi connectivity index (χ0n) is 13.4. The van der Waals surface area contributed by atoms with Crippen molar-refractivity contribution >= 4 is 23.2 Å². The molecule has 0 saturated carbocycles. The maximum atomic E-state index is 6.46. The SMILES string of the molecule is CN1Cc2c(Cl)cc(Cl)cc2C(c2cccc(C3(C)CN3)c2)C1. The summed E-state index contributed by atoms with van der Waals surface area (Å²) >= 11 is 12.7. The fourth-order valence-electron chi connectivity index (χ4n) is 3.57. The summed E-state index contributed by atoms with van der Waals surface area (Å²) in [5, 5.41) is 4.94. The van der Waals surface area contributed by atoms with Crippen molar-refractivity contribution in [2.24, 2.45) is 0 Å². The Balaban J connectivity index is 1.81. The van der Waals surface area contributed by atoms with Gasteiger partial charge in [-0.1, -0.05) is 47.5 Å². The van der Waals surface area contributed by atoms with Gasteiger partial charge in [0.2, 0.25) is 0 Å². The molecule has 4 heteroatoms. The Labute approximate surface area is 147 Å². The molecule has 4 rings (SSSR count). The number of halogens is 2. The molecule has 1 fully saturated rings. The molecule has 0 aromatic heterocycles. The molecule has 0 bridgehead atoms. The molecule has 2 aromatic carbocycles. The number of likely N-dealkylation sites (N-methyl/N-ethyl adjacent to an activating group) is 1. The third kappa shape index (κ3) is 2.78. The first-order valence-electron chi connectivity index (χ1n) is 7.98. The molecular weight excluding hydrogens is 327 g/mol. The lowest BCUT2D eigenvalue weighted by molar-refractivity contribution is 0.295. The average molecular weight is 347 g/mol. The van der Waals surface area contributed by atoms with Crippen LogP contribution in [0, 0.1) is 0 Å². The molecule has 2 aromatic rings. The molecule has 1 saturated heterocycles. The van der Waals surface area contributed by atoms with Gasteiger partial charge in [-0.15, -0.1) is 0 Å². The molecule has 1 N–H and O–H groups in total. The second kappa shape index (κ2) is 5.49. The van der Waals surface area contributed by atoms with Gasteiger partial charge in [0.05, 0.1) is 5.54 Å². The van der Waals surface area contributed by atoms with Gasteiger partial charge in [-0.2, -0.15) is 0 Å². The third-order valence-corrected chi connectivity index (χ3v) is 5.68.